The van der Waals surface area contributed by atoms with Crippen LogP contribution in [0.5, 0.6) is 0 Å². The Morgan fingerprint density at radius 2 is 1.63 bits per heavy atom. The first-order valence-electron chi connectivity index (χ1n) is 12.5. The molecule has 35 heavy (non-hydrogen) atoms. The second-order valence-corrected chi connectivity index (χ2v) is 9.96. The summed E-state index contributed by atoms with van der Waals surface area (Å²) in [4.78, 5) is 36.6. The third kappa shape index (κ3) is 5.66. The first kappa shape index (κ1) is 24.8. The maximum Gasteiger partial charge on any atom is 0.407 e. The van der Waals surface area contributed by atoms with E-state index in [4.69, 9.17) is 9.84 Å². The van der Waals surface area contributed by atoms with E-state index < -0.39 is 18.1 Å². The minimum Gasteiger partial charge on any atom is -0.481 e. The van der Waals surface area contributed by atoms with Crippen LogP contribution in [0.1, 0.15) is 56.6 Å². The minimum atomic E-state index is -0.927. The molecule has 1 saturated carbocycles. The van der Waals surface area contributed by atoms with Crippen molar-refractivity contribution >= 4 is 18.0 Å². The van der Waals surface area contributed by atoms with Gasteiger partial charge in [0, 0.05) is 24.4 Å². The van der Waals surface area contributed by atoms with Crippen LogP contribution in [-0.4, -0.2) is 42.3 Å². The first-order chi connectivity index (χ1) is 16.8. The van der Waals surface area contributed by atoms with Crippen molar-refractivity contribution in [3.05, 3.63) is 59.7 Å². The van der Waals surface area contributed by atoms with Gasteiger partial charge in [0.05, 0.1) is 6.42 Å². The van der Waals surface area contributed by atoms with Crippen molar-refractivity contribution in [1.82, 2.24) is 10.6 Å². The van der Waals surface area contributed by atoms with Gasteiger partial charge in [-0.1, -0.05) is 68.8 Å². The smallest absolute Gasteiger partial charge is 0.407 e. The molecule has 2 aromatic carbocycles. The zero-order valence-corrected chi connectivity index (χ0v) is 20.3. The van der Waals surface area contributed by atoms with E-state index in [1.807, 2.05) is 38.1 Å². The van der Waals surface area contributed by atoms with Crippen molar-refractivity contribution in [3.63, 3.8) is 0 Å². The topological polar surface area (TPSA) is 105 Å². The largest absolute Gasteiger partial charge is 0.481 e. The summed E-state index contributed by atoms with van der Waals surface area (Å²) in [5.74, 6) is -1.26. The summed E-state index contributed by atoms with van der Waals surface area (Å²) in [5.41, 5.74) is 4.68. The monoisotopic (exact) mass is 478 g/mol. The van der Waals surface area contributed by atoms with Gasteiger partial charge >= 0.3 is 12.1 Å². The number of nitrogens with one attached hydrogen (secondary N) is 2. The van der Waals surface area contributed by atoms with E-state index >= 15 is 0 Å². The number of carbonyl (C=O) groups is 3. The molecule has 4 rings (SSSR count). The molecule has 0 bridgehead atoms. The number of alkyl carbamates (subject to hydrolysis) is 1. The van der Waals surface area contributed by atoms with Gasteiger partial charge in [0.25, 0.3) is 0 Å². The Morgan fingerprint density at radius 3 is 2.23 bits per heavy atom. The fourth-order valence-corrected chi connectivity index (χ4v) is 5.42. The summed E-state index contributed by atoms with van der Waals surface area (Å²) in [7, 11) is 0. The molecule has 186 valence electrons. The molecule has 0 spiro atoms. The van der Waals surface area contributed by atoms with E-state index in [0.717, 1.165) is 30.4 Å². The van der Waals surface area contributed by atoms with Gasteiger partial charge in [0.1, 0.15) is 6.61 Å². The molecule has 0 saturated heterocycles. The number of ether oxygens (including phenoxy) is 1. The predicted octanol–water partition coefficient (Wildman–Crippen LogP) is 4.56. The van der Waals surface area contributed by atoms with E-state index in [0.29, 0.717) is 6.54 Å². The fourth-order valence-electron chi connectivity index (χ4n) is 5.42. The van der Waals surface area contributed by atoms with Gasteiger partial charge in [0.2, 0.25) is 5.91 Å². The van der Waals surface area contributed by atoms with E-state index in [-0.39, 0.29) is 42.6 Å². The van der Waals surface area contributed by atoms with Gasteiger partial charge in [-0.05, 0) is 46.9 Å². The number of amides is 2. The zero-order chi connectivity index (χ0) is 24.9. The van der Waals surface area contributed by atoms with E-state index in [9.17, 15) is 14.4 Å². The number of fused-ring (bicyclic) bond motifs is 3. The Kier molecular flexibility index (Phi) is 7.73. The summed E-state index contributed by atoms with van der Waals surface area (Å²) < 4.78 is 5.62. The lowest BCUT2D eigenvalue weighted by atomic mass is 9.93. The number of carboxylic acid groups (broad SMARTS) is 1. The highest BCUT2D eigenvalue weighted by atomic mass is 16.5. The van der Waals surface area contributed by atoms with Crippen molar-refractivity contribution in [2.45, 2.75) is 51.5 Å². The van der Waals surface area contributed by atoms with Crippen LogP contribution < -0.4 is 10.6 Å². The number of rotatable bonds is 9. The van der Waals surface area contributed by atoms with E-state index in [2.05, 4.69) is 34.9 Å². The lowest BCUT2D eigenvalue weighted by Gasteiger charge is -2.25. The summed E-state index contributed by atoms with van der Waals surface area (Å²) in [6.45, 7) is 4.41. The summed E-state index contributed by atoms with van der Waals surface area (Å²) in [6.07, 6.45) is 1.90. The molecule has 7 heteroatoms. The molecular formula is C28H34N2O5. The molecule has 2 aliphatic rings. The lowest BCUT2D eigenvalue weighted by molar-refractivity contribution is -0.138. The molecule has 2 aliphatic carbocycles. The number of aliphatic carboxylic acids is 1. The molecule has 2 aromatic rings. The molecule has 3 atom stereocenters. The highest BCUT2D eigenvalue weighted by Crippen LogP contribution is 2.44. The number of carboxylic acids is 1. The highest BCUT2D eigenvalue weighted by Gasteiger charge is 2.35. The van der Waals surface area contributed by atoms with Crippen molar-refractivity contribution < 1.29 is 24.2 Å². The Labute approximate surface area is 206 Å². The summed E-state index contributed by atoms with van der Waals surface area (Å²) >= 11 is 0. The summed E-state index contributed by atoms with van der Waals surface area (Å²) in [5, 5.41) is 14.9. The molecule has 0 aromatic heterocycles. The number of benzene rings is 2. The Balaban J connectivity index is 1.30. The van der Waals surface area contributed by atoms with Crippen LogP contribution in [-0.2, 0) is 14.3 Å². The van der Waals surface area contributed by atoms with Crippen LogP contribution in [0.2, 0.25) is 0 Å². The SMILES string of the molecule is CC(C)[C@H](CC(=O)O)NC(=O)[C@H]1CCC[C@H]1CNC(=O)OCC1c2ccccc2-c2ccccc21. The average Bonchev–Trinajstić information content (AvgIpc) is 3.43. The molecule has 0 unspecified atom stereocenters. The Morgan fingerprint density at radius 1 is 1.00 bits per heavy atom. The fraction of sp³-hybridized carbons (Fsp3) is 0.464. The molecular weight excluding hydrogens is 444 g/mol. The first-order valence-corrected chi connectivity index (χ1v) is 12.5. The standard InChI is InChI=1S/C28H34N2O5/c1-17(2)25(14-26(31)32)30-27(33)19-13-7-8-18(19)15-29-28(34)35-16-24-22-11-5-3-9-20(22)21-10-4-6-12-23(21)24/h3-6,9-12,17-19,24-25H,7-8,13-16H2,1-2H3,(H,29,34)(H,30,33)(H,31,32)/t18-,19-,25-/m0/s1. The molecule has 2 amide bonds. The predicted molar refractivity (Wildman–Crippen MR) is 133 cm³/mol. The second kappa shape index (κ2) is 10.9. The molecule has 7 nitrogen and oxygen atoms in total. The molecule has 1 fully saturated rings. The number of hydrogen-bond donors (Lipinski definition) is 3. The number of hydrogen-bond acceptors (Lipinski definition) is 4. The normalized spacial score (nSPS) is 19.6. The van der Waals surface area contributed by atoms with Crippen LogP contribution in [0.25, 0.3) is 11.1 Å². The number of carbonyl (C=O) groups excluding carboxylic acids is 2. The Hall–Kier alpha value is -3.35. The van der Waals surface area contributed by atoms with E-state index in [1.165, 1.54) is 11.1 Å². The van der Waals surface area contributed by atoms with Gasteiger partial charge in [-0.25, -0.2) is 4.79 Å². The van der Waals surface area contributed by atoms with Crippen LogP contribution in [0.4, 0.5) is 4.79 Å². The quantitative estimate of drug-likeness (QED) is 0.490. The van der Waals surface area contributed by atoms with Crippen molar-refractivity contribution in [2.24, 2.45) is 17.8 Å². The maximum absolute atomic E-state index is 12.9. The van der Waals surface area contributed by atoms with Crippen molar-refractivity contribution in [3.8, 4) is 11.1 Å². The van der Waals surface area contributed by atoms with Gasteiger partial charge in [-0.15, -0.1) is 0 Å². The van der Waals surface area contributed by atoms with Crippen LogP contribution in [0, 0.1) is 17.8 Å². The minimum absolute atomic E-state index is 0.000332. The van der Waals surface area contributed by atoms with Gasteiger partial charge in [-0.3, -0.25) is 9.59 Å². The van der Waals surface area contributed by atoms with Crippen LogP contribution >= 0.6 is 0 Å². The van der Waals surface area contributed by atoms with Gasteiger partial charge < -0.3 is 20.5 Å². The highest BCUT2D eigenvalue weighted by molar-refractivity contribution is 5.81. The lowest BCUT2D eigenvalue weighted by Crippen LogP contribution is -2.45. The maximum atomic E-state index is 12.9. The molecule has 3 N–H and O–H groups in total. The van der Waals surface area contributed by atoms with Crippen molar-refractivity contribution in [1.29, 1.82) is 0 Å². The van der Waals surface area contributed by atoms with E-state index in [1.54, 1.807) is 0 Å². The third-order valence-corrected chi connectivity index (χ3v) is 7.38. The molecule has 0 aliphatic heterocycles. The molecule has 0 radical (unpaired) electrons. The van der Waals surface area contributed by atoms with Crippen LogP contribution in [0.3, 0.4) is 0 Å². The molecule has 0 heterocycles. The van der Waals surface area contributed by atoms with Gasteiger partial charge in [0.15, 0.2) is 0 Å². The van der Waals surface area contributed by atoms with Crippen molar-refractivity contribution in [2.75, 3.05) is 13.2 Å². The average molecular weight is 479 g/mol. The summed E-state index contributed by atoms with van der Waals surface area (Å²) in [6, 6.07) is 16.0. The second-order valence-electron chi connectivity index (χ2n) is 9.96. The Bertz CT molecular complexity index is 1040. The van der Waals surface area contributed by atoms with Gasteiger partial charge in [-0.2, -0.15) is 0 Å². The zero-order valence-electron chi connectivity index (χ0n) is 20.3. The third-order valence-electron chi connectivity index (χ3n) is 7.38. The van der Waals surface area contributed by atoms with Crippen LogP contribution in [0.15, 0.2) is 48.5 Å².